The average Bonchev–Trinajstić information content (AvgIpc) is 3.26. The average molecular weight is 426 g/mol. The molecule has 3 N–H and O–H groups in total. The highest BCUT2D eigenvalue weighted by Crippen LogP contribution is 2.40. The van der Waals surface area contributed by atoms with E-state index in [2.05, 4.69) is 25.6 Å². The number of aromatic amines is 1. The third kappa shape index (κ3) is 3.30. The summed E-state index contributed by atoms with van der Waals surface area (Å²) >= 11 is 2.85. The maximum absolute atomic E-state index is 12.3. The molecule has 1 unspecified atom stereocenters. The van der Waals surface area contributed by atoms with Crippen LogP contribution in [0.3, 0.4) is 0 Å². The van der Waals surface area contributed by atoms with E-state index in [0.717, 1.165) is 51.2 Å². The number of thiazole rings is 1. The maximum Gasteiger partial charge on any atom is 0.305 e. The molecule has 7 nitrogen and oxygen atoms in total. The zero-order valence-electron chi connectivity index (χ0n) is 15.7. The van der Waals surface area contributed by atoms with Crippen molar-refractivity contribution in [1.29, 1.82) is 0 Å². The minimum absolute atomic E-state index is 0.0265. The first kappa shape index (κ1) is 18.3. The lowest BCUT2D eigenvalue weighted by Gasteiger charge is -2.21. The summed E-state index contributed by atoms with van der Waals surface area (Å²) in [6.45, 7) is 2.61. The third-order valence-corrected chi connectivity index (χ3v) is 7.26. The minimum atomic E-state index is -0.0601. The van der Waals surface area contributed by atoms with Crippen LogP contribution in [0.15, 0.2) is 29.3 Å². The third-order valence-electron chi connectivity index (χ3n) is 5.25. The summed E-state index contributed by atoms with van der Waals surface area (Å²) in [5.74, 6) is 0.934. The fourth-order valence-electron chi connectivity index (χ4n) is 3.91. The van der Waals surface area contributed by atoms with Gasteiger partial charge in [0.25, 0.3) is 0 Å². The molecule has 4 aromatic rings. The molecule has 9 heteroatoms. The molecule has 3 heterocycles. The van der Waals surface area contributed by atoms with Crippen molar-refractivity contribution in [2.45, 2.75) is 26.2 Å². The van der Waals surface area contributed by atoms with Gasteiger partial charge in [-0.1, -0.05) is 11.3 Å². The molecule has 1 aliphatic rings. The summed E-state index contributed by atoms with van der Waals surface area (Å²) < 4.78 is 0.905. The Labute approximate surface area is 174 Å². The van der Waals surface area contributed by atoms with E-state index in [4.69, 9.17) is 0 Å². The Balaban J connectivity index is 1.50. The Morgan fingerprint density at radius 1 is 1.31 bits per heavy atom. The first-order valence-electron chi connectivity index (χ1n) is 9.55. The number of aromatic nitrogens is 3. The monoisotopic (exact) mass is 425 g/mol. The van der Waals surface area contributed by atoms with E-state index in [9.17, 15) is 9.59 Å². The molecule has 1 atom stereocenters. The van der Waals surface area contributed by atoms with Crippen LogP contribution >= 0.6 is 22.7 Å². The van der Waals surface area contributed by atoms with Crippen LogP contribution in [0, 0.1) is 5.92 Å². The topological polar surface area (TPSA) is 99.8 Å². The molecule has 0 saturated carbocycles. The highest BCUT2D eigenvalue weighted by Gasteiger charge is 2.28. The molecule has 3 aromatic heterocycles. The number of carbonyl (C=O) groups is 1. The lowest BCUT2D eigenvalue weighted by Crippen LogP contribution is -2.33. The van der Waals surface area contributed by atoms with Gasteiger partial charge < -0.3 is 15.6 Å². The first-order valence-corrected chi connectivity index (χ1v) is 11.2. The number of carbonyl (C=O) groups excluding carboxylic acids is 1. The van der Waals surface area contributed by atoms with Crippen LogP contribution in [0.5, 0.6) is 0 Å². The van der Waals surface area contributed by atoms with E-state index in [0.29, 0.717) is 6.54 Å². The smallest absolute Gasteiger partial charge is 0.305 e. The van der Waals surface area contributed by atoms with Gasteiger partial charge in [0, 0.05) is 23.0 Å². The molecule has 0 radical (unpaired) electrons. The summed E-state index contributed by atoms with van der Waals surface area (Å²) in [6.07, 6.45) is 4.01. The molecule has 1 aliphatic carbocycles. The number of thiophene rings is 1. The zero-order valence-corrected chi connectivity index (χ0v) is 17.4. The van der Waals surface area contributed by atoms with Crippen molar-refractivity contribution in [2.75, 3.05) is 11.9 Å². The van der Waals surface area contributed by atoms with E-state index in [1.54, 1.807) is 17.7 Å². The normalized spacial score (nSPS) is 16.1. The van der Waals surface area contributed by atoms with E-state index in [1.165, 1.54) is 21.8 Å². The quantitative estimate of drug-likeness (QED) is 0.464. The number of rotatable bonds is 4. The number of amides is 1. The van der Waals surface area contributed by atoms with Crippen LogP contribution in [-0.4, -0.2) is 27.4 Å². The van der Waals surface area contributed by atoms with Crippen LogP contribution in [0.4, 0.5) is 11.5 Å². The summed E-state index contributed by atoms with van der Waals surface area (Å²) in [7, 11) is 0. The van der Waals surface area contributed by atoms with Gasteiger partial charge in [0.1, 0.15) is 17.0 Å². The maximum atomic E-state index is 12.3. The molecule has 148 valence electrons. The number of aryl methyl sites for hydroxylation is 1. The Bertz CT molecular complexity index is 1290. The fraction of sp³-hybridized carbons (Fsp3) is 0.300. The van der Waals surface area contributed by atoms with Crippen molar-refractivity contribution in [3.8, 4) is 0 Å². The fourth-order valence-corrected chi connectivity index (χ4v) is 5.95. The Kier molecular flexibility index (Phi) is 4.56. The van der Waals surface area contributed by atoms with E-state index in [-0.39, 0.29) is 16.7 Å². The zero-order chi connectivity index (χ0) is 20.0. The second kappa shape index (κ2) is 7.23. The van der Waals surface area contributed by atoms with Crippen molar-refractivity contribution in [1.82, 2.24) is 20.3 Å². The van der Waals surface area contributed by atoms with Gasteiger partial charge in [-0.3, -0.25) is 9.59 Å². The van der Waals surface area contributed by atoms with E-state index in [1.807, 2.05) is 25.1 Å². The molecule has 0 aliphatic heterocycles. The van der Waals surface area contributed by atoms with Crippen molar-refractivity contribution in [3.05, 3.63) is 44.6 Å². The summed E-state index contributed by atoms with van der Waals surface area (Å²) in [6, 6.07) is 5.78. The van der Waals surface area contributed by atoms with Crippen LogP contribution in [0.1, 0.15) is 23.8 Å². The van der Waals surface area contributed by atoms with Gasteiger partial charge >= 0.3 is 4.87 Å². The summed E-state index contributed by atoms with van der Waals surface area (Å²) in [4.78, 5) is 37.7. The number of hydrogen-bond donors (Lipinski definition) is 3. The molecule has 0 bridgehead atoms. The van der Waals surface area contributed by atoms with E-state index < -0.39 is 0 Å². The first-order chi connectivity index (χ1) is 14.1. The number of H-pyrrole nitrogens is 1. The molecule has 29 heavy (non-hydrogen) atoms. The number of benzene rings is 1. The number of anilines is 2. The molecule has 1 amide bonds. The van der Waals surface area contributed by atoms with Gasteiger partial charge in [0.05, 0.1) is 15.6 Å². The summed E-state index contributed by atoms with van der Waals surface area (Å²) in [5, 5.41) is 7.39. The summed E-state index contributed by atoms with van der Waals surface area (Å²) in [5.41, 5.74) is 2.97. The molecule has 5 rings (SSSR count). The van der Waals surface area contributed by atoms with Gasteiger partial charge in [-0.25, -0.2) is 9.97 Å². The predicted molar refractivity (Wildman–Crippen MR) is 117 cm³/mol. The molecule has 0 spiro atoms. The molecule has 0 saturated heterocycles. The Morgan fingerprint density at radius 2 is 2.21 bits per heavy atom. The van der Waals surface area contributed by atoms with Crippen LogP contribution in [0.2, 0.25) is 0 Å². The number of nitrogens with zero attached hydrogens (tertiary/aromatic N) is 2. The highest BCUT2D eigenvalue weighted by molar-refractivity contribution is 7.19. The number of hydrogen-bond acceptors (Lipinski definition) is 7. The molecular formula is C20H19N5O2S2. The van der Waals surface area contributed by atoms with Crippen LogP contribution < -0.4 is 15.5 Å². The Hall–Kier alpha value is -2.78. The van der Waals surface area contributed by atoms with Gasteiger partial charge in [-0.2, -0.15) is 0 Å². The van der Waals surface area contributed by atoms with E-state index >= 15 is 0 Å². The molecule has 0 fully saturated rings. The van der Waals surface area contributed by atoms with Gasteiger partial charge in [-0.05, 0) is 49.9 Å². The van der Waals surface area contributed by atoms with Crippen molar-refractivity contribution >= 4 is 60.5 Å². The van der Waals surface area contributed by atoms with Crippen molar-refractivity contribution in [3.63, 3.8) is 0 Å². The van der Waals surface area contributed by atoms with Crippen molar-refractivity contribution < 1.29 is 4.79 Å². The molecule has 1 aromatic carbocycles. The van der Waals surface area contributed by atoms with Gasteiger partial charge in [-0.15, -0.1) is 11.3 Å². The number of nitrogens with one attached hydrogen (secondary N) is 3. The lowest BCUT2D eigenvalue weighted by atomic mass is 9.87. The Morgan fingerprint density at radius 3 is 3.07 bits per heavy atom. The van der Waals surface area contributed by atoms with Crippen molar-refractivity contribution in [2.24, 2.45) is 5.92 Å². The van der Waals surface area contributed by atoms with Crippen LogP contribution in [-0.2, 0) is 17.6 Å². The lowest BCUT2D eigenvalue weighted by molar-refractivity contribution is -0.125. The minimum Gasteiger partial charge on any atom is -0.356 e. The van der Waals surface area contributed by atoms with Gasteiger partial charge in [0.2, 0.25) is 5.91 Å². The standard InChI is InChI=1S/C20H19N5O2S2/c1-2-21-18(26)10-3-5-12-14(7-10)28-19-16(12)17(22-9-23-19)24-11-4-6-13-15(8-11)29-20(27)25-13/h4,6,8-10H,2-3,5,7H2,1H3,(H,21,26)(H,25,27)(H,22,23,24). The molecular weight excluding hydrogens is 406 g/mol. The second-order valence-electron chi connectivity index (χ2n) is 7.09. The number of fused-ring (bicyclic) bond motifs is 4. The SMILES string of the molecule is CCNC(=O)C1CCc2c(sc3ncnc(Nc4ccc5[nH]c(=O)sc5c4)c23)C1. The largest absolute Gasteiger partial charge is 0.356 e. The van der Waals surface area contributed by atoms with Crippen LogP contribution in [0.25, 0.3) is 20.4 Å². The highest BCUT2D eigenvalue weighted by atomic mass is 32.1. The van der Waals surface area contributed by atoms with Gasteiger partial charge in [0.15, 0.2) is 0 Å². The second-order valence-corrected chi connectivity index (χ2v) is 9.19. The predicted octanol–water partition coefficient (Wildman–Crippen LogP) is 3.58.